The number of carbonyl (C=O) groups excluding carboxylic acids is 1. The lowest BCUT2D eigenvalue weighted by atomic mass is 9.94. The van der Waals surface area contributed by atoms with E-state index in [1.165, 1.54) is 16.9 Å². The number of aromatic nitrogens is 1. The number of para-hydroxylation sites is 1. The Kier molecular flexibility index (Phi) is 4.03. The van der Waals surface area contributed by atoms with Crippen molar-refractivity contribution in [3.05, 3.63) is 45.9 Å². The van der Waals surface area contributed by atoms with Crippen LogP contribution in [0.4, 0.5) is 5.69 Å². The predicted octanol–water partition coefficient (Wildman–Crippen LogP) is 2.48. The van der Waals surface area contributed by atoms with Crippen LogP contribution in [0.3, 0.4) is 0 Å². The number of nitrogens with two attached hydrogens (primary N) is 1. The molecule has 2 N–H and O–H groups in total. The number of rotatable bonds is 3. The molecule has 1 aliphatic heterocycles. The van der Waals surface area contributed by atoms with Gasteiger partial charge >= 0.3 is 0 Å². The zero-order valence-corrected chi connectivity index (χ0v) is 12.9. The van der Waals surface area contributed by atoms with E-state index < -0.39 is 0 Å². The van der Waals surface area contributed by atoms with Gasteiger partial charge in [-0.1, -0.05) is 25.1 Å². The van der Waals surface area contributed by atoms with E-state index in [1.54, 1.807) is 0 Å². The molecule has 0 saturated carbocycles. The number of anilines is 1. The van der Waals surface area contributed by atoms with Crippen molar-refractivity contribution >= 4 is 22.9 Å². The van der Waals surface area contributed by atoms with Crippen molar-refractivity contribution in [1.29, 1.82) is 0 Å². The van der Waals surface area contributed by atoms with Crippen LogP contribution in [0.25, 0.3) is 0 Å². The molecule has 1 amide bonds. The molecule has 0 aliphatic carbocycles. The van der Waals surface area contributed by atoms with Gasteiger partial charge in [0.15, 0.2) is 0 Å². The van der Waals surface area contributed by atoms with Crippen LogP contribution in [0.15, 0.2) is 29.6 Å². The lowest BCUT2D eigenvalue weighted by molar-refractivity contribution is 0.0976. The van der Waals surface area contributed by atoms with Gasteiger partial charge in [-0.2, -0.15) is 0 Å². The van der Waals surface area contributed by atoms with Crippen molar-refractivity contribution in [2.45, 2.75) is 19.8 Å². The predicted molar refractivity (Wildman–Crippen MR) is 85.9 cm³/mol. The summed E-state index contributed by atoms with van der Waals surface area (Å²) in [5.74, 6) is 0.458. The van der Waals surface area contributed by atoms with Crippen LogP contribution in [0, 0.1) is 5.92 Å². The fourth-order valence-corrected chi connectivity index (χ4v) is 3.56. The molecule has 3 rings (SSSR count). The number of benzene rings is 1. The fraction of sp³-hybridized carbons (Fsp3) is 0.375. The summed E-state index contributed by atoms with van der Waals surface area (Å²) in [6.07, 6.45) is 1.75. The van der Waals surface area contributed by atoms with Crippen LogP contribution in [0.5, 0.6) is 0 Å². The molecule has 4 nitrogen and oxygen atoms in total. The molecule has 2 heterocycles. The molecular formula is C16H19N3OS. The molecule has 1 aromatic heterocycles. The van der Waals surface area contributed by atoms with Gasteiger partial charge in [0.1, 0.15) is 5.69 Å². The topological polar surface area (TPSA) is 59.2 Å². The zero-order valence-electron chi connectivity index (χ0n) is 12.1. The Bertz CT molecular complexity index is 652. The quantitative estimate of drug-likeness (QED) is 0.947. The lowest BCUT2D eigenvalue weighted by Crippen LogP contribution is -2.39. The van der Waals surface area contributed by atoms with Crippen molar-refractivity contribution in [3.63, 3.8) is 0 Å². The second kappa shape index (κ2) is 5.95. The van der Waals surface area contributed by atoms with Gasteiger partial charge in [-0.15, -0.1) is 11.3 Å². The zero-order chi connectivity index (χ0) is 14.8. The van der Waals surface area contributed by atoms with Crippen LogP contribution in [0.1, 0.15) is 28.0 Å². The van der Waals surface area contributed by atoms with E-state index in [9.17, 15) is 4.79 Å². The van der Waals surface area contributed by atoms with E-state index in [2.05, 4.69) is 18.0 Å². The highest BCUT2D eigenvalue weighted by molar-refractivity contribution is 7.09. The van der Waals surface area contributed by atoms with Gasteiger partial charge in [0.25, 0.3) is 5.91 Å². The Hall–Kier alpha value is -1.72. The third-order valence-corrected chi connectivity index (χ3v) is 4.63. The van der Waals surface area contributed by atoms with Gasteiger partial charge in [0, 0.05) is 24.0 Å². The number of thiazole rings is 1. The highest BCUT2D eigenvalue weighted by atomic mass is 32.1. The second-order valence-corrected chi connectivity index (χ2v) is 6.46. The van der Waals surface area contributed by atoms with Gasteiger partial charge in [0.2, 0.25) is 0 Å². The molecule has 1 aliphatic rings. The van der Waals surface area contributed by atoms with Crippen molar-refractivity contribution in [1.82, 2.24) is 4.98 Å². The highest BCUT2D eigenvalue weighted by Crippen LogP contribution is 2.30. The summed E-state index contributed by atoms with van der Waals surface area (Å²) >= 11 is 1.51. The molecule has 0 unspecified atom stereocenters. The first-order valence-electron chi connectivity index (χ1n) is 7.23. The average Bonchev–Trinajstić information content (AvgIpc) is 2.94. The fourth-order valence-electron chi connectivity index (χ4n) is 2.77. The first-order chi connectivity index (χ1) is 10.2. The third kappa shape index (κ3) is 2.84. The molecule has 5 heteroatoms. The van der Waals surface area contributed by atoms with Gasteiger partial charge in [-0.3, -0.25) is 4.79 Å². The molecule has 110 valence electrons. The maximum absolute atomic E-state index is 12.8. The minimum Gasteiger partial charge on any atom is -0.330 e. The number of hydrogen-bond acceptors (Lipinski definition) is 4. The molecule has 1 aromatic carbocycles. The Morgan fingerprint density at radius 1 is 1.48 bits per heavy atom. The number of carbonyl (C=O) groups is 1. The summed E-state index contributed by atoms with van der Waals surface area (Å²) < 4.78 is 0. The molecule has 21 heavy (non-hydrogen) atoms. The molecular weight excluding hydrogens is 282 g/mol. The average molecular weight is 301 g/mol. The van der Waals surface area contributed by atoms with E-state index in [0.29, 0.717) is 18.2 Å². The minimum absolute atomic E-state index is 0.00600. The van der Waals surface area contributed by atoms with Crippen molar-refractivity contribution < 1.29 is 4.79 Å². The maximum atomic E-state index is 12.8. The summed E-state index contributed by atoms with van der Waals surface area (Å²) in [5, 5.41) is 2.77. The van der Waals surface area contributed by atoms with Crippen LogP contribution in [0.2, 0.25) is 0 Å². The first kappa shape index (κ1) is 14.2. The number of fused-ring (bicyclic) bond motifs is 1. The number of amides is 1. The summed E-state index contributed by atoms with van der Waals surface area (Å²) in [7, 11) is 0. The smallest absolute Gasteiger partial charge is 0.277 e. The van der Waals surface area contributed by atoms with Crippen LogP contribution in [-0.4, -0.2) is 24.0 Å². The molecule has 0 spiro atoms. The van der Waals surface area contributed by atoms with Crippen LogP contribution in [-0.2, 0) is 12.8 Å². The highest BCUT2D eigenvalue weighted by Gasteiger charge is 2.28. The van der Waals surface area contributed by atoms with Crippen LogP contribution < -0.4 is 10.6 Å². The normalized spacial score (nSPS) is 17.6. The Morgan fingerprint density at radius 3 is 3.10 bits per heavy atom. The molecule has 0 fully saturated rings. The minimum atomic E-state index is -0.00600. The Morgan fingerprint density at radius 2 is 2.29 bits per heavy atom. The standard InChI is InChI=1S/C16H19N3OS/c1-11-8-12-4-2-3-5-14(12)19(9-11)16(20)13-10-21-15(18-13)6-7-17/h2-5,10-11H,6-9,17H2,1H3/t11-/m1/s1. The van der Waals surface area contributed by atoms with Gasteiger partial charge in [0.05, 0.1) is 5.01 Å². The lowest BCUT2D eigenvalue weighted by Gasteiger charge is -2.32. The molecule has 0 saturated heterocycles. The monoisotopic (exact) mass is 301 g/mol. The summed E-state index contributed by atoms with van der Waals surface area (Å²) in [6, 6.07) is 8.14. The number of nitrogens with zero attached hydrogens (tertiary/aromatic N) is 2. The van der Waals surface area contributed by atoms with Crippen LogP contribution >= 0.6 is 11.3 Å². The summed E-state index contributed by atoms with van der Waals surface area (Å²) in [6.45, 7) is 3.49. The Labute approximate surface area is 128 Å². The van der Waals surface area contributed by atoms with Gasteiger partial charge < -0.3 is 10.6 Å². The van der Waals surface area contributed by atoms with Crippen molar-refractivity contribution in [2.24, 2.45) is 11.7 Å². The molecule has 0 bridgehead atoms. The molecule has 0 radical (unpaired) electrons. The van der Waals surface area contributed by atoms with E-state index in [4.69, 9.17) is 5.73 Å². The summed E-state index contributed by atoms with van der Waals surface area (Å²) in [5.41, 5.74) is 8.34. The van der Waals surface area contributed by atoms with Crippen molar-refractivity contribution in [2.75, 3.05) is 18.0 Å². The largest absolute Gasteiger partial charge is 0.330 e. The van der Waals surface area contributed by atoms with Gasteiger partial charge in [-0.05, 0) is 30.5 Å². The van der Waals surface area contributed by atoms with Gasteiger partial charge in [-0.25, -0.2) is 4.98 Å². The SMILES string of the molecule is C[C@@H]1Cc2ccccc2N(C(=O)c2csc(CCN)n2)C1. The Balaban J connectivity index is 1.90. The molecule has 1 atom stereocenters. The second-order valence-electron chi connectivity index (χ2n) is 5.52. The van der Waals surface area contributed by atoms with Crippen molar-refractivity contribution in [3.8, 4) is 0 Å². The first-order valence-corrected chi connectivity index (χ1v) is 8.11. The third-order valence-electron chi connectivity index (χ3n) is 3.72. The molecule has 2 aromatic rings. The van der Waals surface area contributed by atoms with E-state index in [-0.39, 0.29) is 5.91 Å². The van der Waals surface area contributed by atoms with E-state index >= 15 is 0 Å². The number of hydrogen-bond donors (Lipinski definition) is 1. The maximum Gasteiger partial charge on any atom is 0.277 e. The van der Waals surface area contributed by atoms with E-state index in [0.717, 1.165) is 30.1 Å². The van der Waals surface area contributed by atoms with E-state index in [1.807, 2.05) is 28.5 Å². The summed E-state index contributed by atoms with van der Waals surface area (Å²) in [4.78, 5) is 19.1.